The molecule has 0 unspecified atom stereocenters. The quantitative estimate of drug-likeness (QED) is 0.336. The van der Waals surface area contributed by atoms with Crippen molar-refractivity contribution >= 4 is 11.7 Å². The molecule has 8 N–H and O–H groups in total. The van der Waals surface area contributed by atoms with Crippen molar-refractivity contribution in [1.29, 1.82) is 0 Å². The van der Waals surface area contributed by atoms with Crippen molar-refractivity contribution in [3.05, 3.63) is 34.4 Å². The van der Waals surface area contributed by atoms with Crippen LogP contribution in [0.2, 0.25) is 0 Å². The maximum Gasteiger partial charge on any atom is 0.242 e. The highest BCUT2D eigenvalue weighted by Crippen LogP contribution is 2.16. The maximum absolute atomic E-state index is 5.51. The van der Waals surface area contributed by atoms with Crippen molar-refractivity contribution < 1.29 is 10.8 Å². The van der Waals surface area contributed by atoms with Crippen LogP contribution in [0.1, 0.15) is 22.3 Å². The minimum absolute atomic E-state index is 0.431. The third-order valence-electron chi connectivity index (χ3n) is 2.58. The molecule has 0 aliphatic carbocycles. The lowest BCUT2D eigenvalue weighted by atomic mass is 9.96. The number of hydrogen-bond donors (Lipinski definition) is 4. The summed E-state index contributed by atoms with van der Waals surface area (Å²) in [6.45, 7) is 4.07. The molecule has 0 saturated heterocycles. The molecule has 0 aliphatic heterocycles. The van der Waals surface area contributed by atoms with Crippen molar-refractivity contribution in [3.8, 4) is 0 Å². The molecule has 1 aromatic rings. The van der Waals surface area contributed by atoms with Gasteiger partial charge < -0.3 is 0 Å². The standard InChI is InChI=1S/C12H18N4/c1-7-3-10(6-12(15)16)8(2)4-9(7)5-11(13)14/h3-4H,5-6H2,1-2H3,(H3,13,14)(H3,15,16)/p+2. The number of benzene rings is 1. The fourth-order valence-corrected chi connectivity index (χ4v) is 1.76. The molecule has 0 saturated carbocycles. The zero-order chi connectivity index (χ0) is 12.3. The number of hydrogen-bond acceptors (Lipinski definition) is 0. The van der Waals surface area contributed by atoms with Crippen LogP contribution >= 0.6 is 0 Å². The highest BCUT2D eigenvalue weighted by molar-refractivity contribution is 5.78. The van der Waals surface area contributed by atoms with Gasteiger partial charge in [-0.2, -0.15) is 0 Å². The Balaban J connectivity index is 3.06. The van der Waals surface area contributed by atoms with E-state index in [1.165, 1.54) is 0 Å². The van der Waals surface area contributed by atoms with E-state index in [0.29, 0.717) is 24.5 Å². The van der Waals surface area contributed by atoms with Crippen LogP contribution in [0.3, 0.4) is 0 Å². The van der Waals surface area contributed by atoms with Crippen LogP contribution < -0.4 is 22.3 Å². The molecule has 0 atom stereocenters. The molecule has 4 heteroatoms. The van der Waals surface area contributed by atoms with Crippen LogP contribution in [0, 0.1) is 13.8 Å². The van der Waals surface area contributed by atoms with Gasteiger partial charge in [0.05, 0.1) is 12.8 Å². The molecule has 0 fully saturated rings. The SMILES string of the molecule is Cc1cc(CC(N)=[NH2+])c(C)cc1CC(N)=[NH2+]. The number of nitrogens with two attached hydrogens (primary N) is 4. The summed E-state index contributed by atoms with van der Waals surface area (Å²) in [6, 6.07) is 4.18. The summed E-state index contributed by atoms with van der Waals surface area (Å²) >= 11 is 0. The van der Waals surface area contributed by atoms with Gasteiger partial charge in [0.25, 0.3) is 0 Å². The molecular formula is C12H20N4+2. The zero-order valence-corrected chi connectivity index (χ0v) is 9.88. The minimum atomic E-state index is 0.431. The second-order valence-corrected chi connectivity index (χ2v) is 4.21. The summed E-state index contributed by atoms with van der Waals surface area (Å²) in [5, 5.41) is 11.0. The van der Waals surface area contributed by atoms with Crippen molar-refractivity contribution in [3.63, 3.8) is 0 Å². The van der Waals surface area contributed by atoms with E-state index in [4.69, 9.17) is 22.3 Å². The van der Waals surface area contributed by atoms with Crippen molar-refractivity contribution in [2.24, 2.45) is 11.5 Å². The van der Waals surface area contributed by atoms with Gasteiger partial charge in [-0.05, 0) is 36.1 Å². The van der Waals surface area contributed by atoms with E-state index < -0.39 is 0 Å². The second-order valence-electron chi connectivity index (χ2n) is 4.21. The fourth-order valence-electron chi connectivity index (χ4n) is 1.76. The summed E-state index contributed by atoms with van der Waals surface area (Å²) in [6.07, 6.45) is 1.21. The predicted octanol–water partition coefficient (Wildman–Crippen LogP) is -2.38. The second kappa shape index (κ2) is 4.79. The summed E-state index contributed by atoms with van der Waals surface area (Å²) in [5.74, 6) is 0.861. The summed E-state index contributed by atoms with van der Waals surface area (Å²) in [5.41, 5.74) is 15.6. The van der Waals surface area contributed by atoms with Gasteiger partial charge in [-0.1, -0.05) is 12.1 Å². The van der Waals surface area contributed by atoms with Crippen LogP contribution in [-0.2, 0) is 12.8 Å². The summed E-state index contributed by atoms with van der Waals surface area (Å²) in [4.78, 5) is 0. The highest BCUT2D eigenvalue weighted by Gasteiger charge is 2.09. The molecule has 0 aromatic heterocycles. The molecule has 0 radical (unpaired) electrons. The first-order chi connectivity index (χ1) is 7.40. The van der Waals surface area contributed by atoms with Crippen LogP contribution in [-0.4, -0.2) is 11.7 Å². The Bertz CT molecular complexity index is 393. The molecular weight excluding hydrogens is 200 g/mol. The van der Waals surface area contributed by atoms with Crippen LogP contribution in [0.25, 0.3) is 0 Å². The van der Waals surface area contributed by atoms with Gasteiger partial charge in [-0.25, -0.2) is 0 Å². The molecule has 0 amide bonds. The van der Waals surface area contributed by atoms with E-state index in [2.05, 4.69) is 12.1 Å². The number of amidine groups is 2. The summed E-state index contributed by atoms with van der Waals surface area (Å²) in [7, 11) is 0. The van der Waals surface area contributed by atoms with Crippen molar-refractivity contribution in [2.45, 2.75) is 26.7 Å². The Kier molecular flexibility index (Phi) is 3.66. The van der Waals surface area contributed by atoms with Gasteiger partial charge >= 0.3 is 0 Å². The number of aryl methyl sites for hydroxylation is 2. The Morgan fingerprint density at radius 2 is 1.25 bits per heavy atom. The van der Waals surface area contributed by atoms with E-state index in [0.717, 1.165) is 22.3 Å². The Morgan fingerprint density at radius 3 is 1.50 bits per heavy atom. The van der Waals surface area contributed by atoms with Gasteiger partial charge in [-0.15, -0.1) is 0 Å². The zero-order valence-electron chi connectivity index (χ0n) is 9.88. The third kappa shape index (κ3) is 3.08. The largest absolute Gasteiger partial charge is 0.291 e. The third-order valence-corrected chi connectivity index (χ3v) is 2.58. The Morgan fingerprint density at radius 1 is 0.938 bits per heavy atom. The normalized spacial score (nSPS) is 10.1. The van der Waals surface area contributed by atoms with Crippen molar-refractivity contribution in [1.82, 2.24) is 0 Å². The summed E-state index contributed by atoms with van der Waals surface area (Å²) < 4.78 is 0. The fraction of sp³-hybridized carbons (Fsp3) is 0.333. The lowest BCUT2D eigenvalue weighted by Crippen LogP contribution is -2.47. The van der Waals surface area contributed by atoms with E-state index in [1.807, 2.05) is 13.8 Å². The van der Waals surface area contributed by atoms with Gasteiger partial charge in [0.15, 0.2) is 0 Å². The molecule has 16 heavy (non-hydrogen) atoms. The molecule has 86 valence electrons. The predicted molar refractivity (Wildman–Crippen MR) is 65.6 cm³/mol. The minimum Gasteiger partial charge on any atom is -0.291 e. The lowest BCUT2D eigenvalue weighted by molar-refractivity contribution is -0.118. The van der Waals surface area contributed by atoms with Gasteiger partial charge in [0.1, 0.15) is 0 Å². The first-order valence-corrected chi connectivity index (χ1v) is 5.22. The average Bonchev–Trinajstić information content (AvgIpc) is 2.11. The van der Waals surface area contributed by atoms with E-state index in [-0.39, 0.29) is 0 Å². The highest BCUT2D eigenvalue weighted by atomic mass is 14.7. The van der Waals surface area contributed by atoms with E-state index >= 15 is 0 Å². The molecule has 4 nitrogen and oxygen atoms in total. The Hall–Kier alpha value is -1.84. The monoisotopic (exact) mass is 220 g/mol. The average molecular weight is 220 g/mol. The molecule has 0 heterocycles. The van der Waals surface area contributed by atoms with Crippen LogP contribution in [0.5, 0.6) is 0 Å². The van der Waals surface area contributed by atoms with Crippen LogP contribution in [0.15, 0.2) is 12.1 Å². The first kappa shape index (κ1) is 12.2. The molecule has 1 rings (SSSR count). The van der Waals surface area contributed by atoms with Gasteiger partial charge in [-0.3, -0.25) is 22.3 Å². The van der Waals surface area contributed by atoms with E-state index in [9.17, 15) is 0 Å². The smallest absolute Gasteiger partial charge is 0.242 e. The molecule has 0 spiro atoms. The van der Waals surface area contributed by atoms with E-state index in [1.54, 1.807) is 0 Å². The molecule has 1 aromatic carbocycles. The van der Waals surface area contributed by atoms with Crippen molar-refractivity contribution in [2.75, 3.05) is 0 Å². The Labute approximate surface area is 95.7 Å². The lowest BCUT2D eigenvalue weighted by Gasteiger charge is -2.09. The molecule has 0 aliphatic rings. The number of rotatable bonds is 4. The molecule has 0 bridgehead atoms. The van der Waals surface area contributed by atoms with Gasteiger partial charge in [0, 0.05) is 0 Å². The van der Waals surface area contributed by atoms with Crippen LogP contribution in [0.4, 0.5) is 0 Å². The topological polar surface area (TPSA) is 103 Å². The van der Waals surface area contributed by atoms with Gasteiger partial charge in [0.2, 0.25) is 11.7 Å². The first-order valence-electron chi connectivity index (χ1n) is 5.22. The maximum atomic E-state index is 5.51.